The summed E-state index contributed by atoms with van der Waals surface area (Å²) in [4.78, 5) is 55.2. The minimum Gasteiger partial charge on any atom is -0.503 e. The largest absolute Gasteiger partial charge is 0.503 e. The summed E-state index contributed by atoms with van der Waals surface area (Å²) in [6, 6.07) is 4.35. The third-order valence-corrected chi connectivity index (χ3v) is 7.77. The lowest BCUT2D eigenvalue weighted by Gasteiger charge is -2.39. The van der Waals surface area contributed by atoms with Crippen LogP contribution >= 0.6 is 11.6 Å². The van der Waals surface area contributed by atoms with Gasteiger partial charge in [-0.3, -0.25) is 14.4 Å². The molecule has 0 saturated heterocycles. The van der Waals surface area contributed by atoms with Crippen molar-refractivity contribution in [3.8, 4) is 5.75 Å². The van der Waals surface area contributed by atoms with Gasteiger partial charge in [-0.1, -0.05) is 23.7 Å². The first kappa shape index (κ1) is 24.5. The molecule has 1 aromatic heterocycles. The van der Waals surface area contributed by atoms with Crippen LogP contribution in [0.15, 0.2) is 29.2 Å². The van der Waals surface area contributed by atoms with Gasteiger partial charge in [0.1, 0.15) is 17.7 Å². The summed E-state index contributed by atoms with van der Waals surface area (Å²) >= 11 is 5.80. The summed E-state index contributed by atoms with van der Waals surface area (Å²) in [7, 11) is 3.67. The highest BCUT2D eigenvalue weighted by atomic mass is 35.5. The van der Waals surface area contributed by atoms with Crippen molar-refractivity contribution in [1.29, 1.82) is 0 Å². The number of amides is 2. The fourth-order valence-corrected chi connectivity index (χ4v) is 5.67. The molecular weight excluding hydrogens is 491 g/mol. The van der Waals surface area contributed by atoms with E-state index in [4.69, 9.17) is 11.6 Å². The number of nitrogens with zero attached hydrogens (tertiary/aromatic N) is 3. The Morgan fingerprint density at radius 2 is 2.06 bits per heavy atom. The van der Waals surface area contributed by atoms with Gasteiger partial charge in [-0.05, 0) is 39.4 Å². The zero-order chi connectivity index (χ0) is 26.0. The van der Waals surface area contributed by atoms with E-state index in [1.165, 1.54) is 29.0 Å². The molecule has 9 nitrogen and oxygen atoms in total. The van der Waals surface area contributed by atoms with Crippen LogP contribution in [0.3, 0.4) is 0 Å². The van der Waals surface area contributed by atoms with Crippen LogP contribution in [-0.4, -0.2) is 70.8 Å². The summed E-state index contributed by atoms with van der Waals surface area (Å²) in [6.45, 7) is 0.393. The van der Waals surface area contributed by atoms with Crippen molar-refractivity contribution in [3.05, 3.63) is 62.3 Å². The van der Waals surface area contributed by atoms with Crippen molar-refractivity contribution in [2.75, 3.05) is 27.2 Å². The lowest BCUT2D eigenvalue weighted by molar-refractivity contribution is -0.114. The molecule has 2 saturated carbocycles. The Balaban J connectivity index is 1.56. The molecule has 2 atom stereocenters. The third-order valence-electron chi connectivity index (χ3n) is 7.48. The van der Waals surface area contributed by atoms with Crippen molar-refractivity contribution >= 4 is 29.7 Å². The highest BCUT2D eigenvalue weighted by molar-refractivity contribution is 6.30. The maximum Gasteiger partial charge on any atom is 0.274 e. The van der Waals surface area contributed by atoms with Crippen molar-refractivity contribution in [3.63, 3.8) is 0 Å². The highest BCUT2D eigenvalue weighted by Gasteiger charge is 2.72. The topological polar surface area (TPSA) is 112 Å². The molecule has 1 aliphatic heterocycles. The van der Waals surface area contributed by atoms with Gasteiger partial charge in [-0.25, -0.2) is 4.39 Å². The number of benzene rings is 1. The monoisotopic (exact) mass is 516 g/mol. The summed E-state index contributed by atoms with van der Waals surface area (Å²) in [5.41, 5.74) is -3.25. The van der Waals surface area contributed by atoms with Crippen LogP contribution < -0.4 is 10.7 Å². The Bertz CT molecular complexity index is 1360. The van der Waals surface area contributed by atoms with E-state index in [0.717, 1.165) is 19.1 Å². The molecule has 2 fully saturated rings. The van der Waals surface area contributed by atoms with Crippen LogP contribution in [-0.2, 0) is 16.9 Å². The molecule has 2 heterocycles. The van der Waals surface area contributed by atoms with Crippen LogP contribution in [0.1, 0.15) is 45.7 Å². The second-order valence-corrected chi connectivity index (χ2v) is 10.6. The normalized spacial score (nSPS) is 24.7. The number of aromatic nitrogens is 1. The van der Waals surface area contributed by atoms with Gasteiger partial charge in [0.2, 0.25) is 5.43 Å². The second kappa shape index (κ2) is 8.41. The van der Waals surface area contributed by atoms with E-state index in [1.807, 2.05) is 19.0 Å². The van der Waals surface area contributed by atoms with E-state index in [1.54, 1.807) is 4.90 Å². The predicted octanol–water partition coefficient (Wildman–Crippen LogP) is 1.74. The fraction of sp³-hybridized carbons (Fsp3) is 0.440. The molecule has 0 radical (unpaired) electrons. The van der Waals surface area contributed by atoms with Crippen molar-refractivity contribution in [2.24, 2.45) is 5.41 Å². The summed E-state index contributed by atoms with van der Waals surface area (Å²) < 4.78 is 15.7. The van der Waals surface area contributed by atoms with Gasteiger partial charge in [0.05, 0.1) is 16.0 Å². The van der Waals surface area contributed by atoms with E-state index in [-0.39, 0.29) is 35.4 Å². The van der Waals surface area contributed by atoms with E-state index in [2.05, 4.69) is 5.32 Å². The first-order valence-electron chi connectivity index (χ1n) is 11.7. The molecule has 11 heteroatoms. The molecule has 1 spiro atoms. The molecule has 0 bridgehead atoms. The number of nitrogens with one attached hydrogen (secondary N) is 1. The van der Waals surface area contributed by atoms with Crippen molar-refractivity contribution < 1.29 is 23.9 Å². The number of pyridine rings is 1. The highest BCUT2D eigenvalue weighted by Crippen LogP contribution is 2.63. The molecule has 1 aromatic carbocycles. The standard InChI is InChI=1S/C25H26ClFN4O5/c1-29(2)11-24(13-32)10-25(24)12-30(15-6-7-15)23(36)19-21(34)20(33)16(9-31(19)25)22(35)28-8-14-4-3-5-17(26)18(14)27/h3-5,9,13,15,34H,6-8,10-12H2,1-2H3,(H,28,35). The van der Waals surface area contributed by atoms with E-state index >= 15 is 0 Å². The van der Waals surface area contributed by atoms with Gasteiger partial charge in [-0.15, -0.1) is 0 Å². The Morgan fingerprint density at radius 3 is 2.69 bits per heavy atom. The van der Waals surface area contributed by atoms with Crippen LogP contribution in [0.5, 0.6) is 5.75 Å². The summed E-state index contributed by atoms with van der Waals surface area (Å²) in [5.74, 6) is -2.86. The minimum absolute atomic E-state index is 0.00231. The van der Waals surface area contributed by atoms with Gasteiger partial charge >= 0.3 is 0 Å². The second-order valence-electron chi connectivity index (χ2n) is 10.2. The van der Waals surface area contributed by atoms with Crippen LogP contribution in [0.4, 0.5) is 4.39 Å². The van der Waals surface area contributed by atoms with E-state index in [0.29, 0.717) is 13.0 Å². The number of carbonyl (C=O) groups is 3. The lowest BCUT2D eigenvalue weighted by atomic mass is 9.95. The van der Waals surface area contributed by atoms with Crippen LogP contribution in [0.2, 0.25) is 5.02 Å². The number of hydrogen-bond donors (Lipinski definition) is 2. The maximum atomic E-state index is 14.2. The van der Waals surface area contributed by atoms with Gasteiger partial charge in [0.15, 0.2) is 11.4 Å². The van der Waals surface area contributed by atoms with Crippen LogP contribution in [0, 0.1) is 11.2 Å². The quantitative estimate of drug-likeness (QED) is 0.542. The zero-order valence-corrected chi connectivity index (χ0v) is 20.6. The molecule has 190 valence electrons. The van der Waals surface area contributed by atoms with Gasteiger partial charge in [-0.2, -0.15) is 0 Å². The molecule has 2 aliphatic carbocycles. The first-order chi connectivity index (χ1) is 17.0. The first-order valence-corrected chi connectivity index (χ1v) is 12.1. The van der Waals surface area contributed by atoms with Crippen LogP contribution in [0.25, 0.3) is 0 Å². The Hall–Kier alpha value is -3.24. The predicted molar refractivity (Wildman–Crippen MR) is 129 cm³/mol. The van der Waals surface area contributed by atoms with Gasteiger partial charge < -0.3 is 29.6 Å². The number of aldehydes is 1. The Morgan fingerprint density at radius 1 is 1.33 bits per heavy atom. The van der Waals surface area contributed by atoms with E-state index < -0.39 is 45.3 Å². The third kappa shape index (κ3) is 3.62. The van der Waals surface area contributed by atoms with Gasteiger partial charge in [0, 0.05) is 37.4 Å². The zero-order valence-electron chi connectivity index (χ0n) is 19.9. The Labute approximate surface area is 211 Å². The molecule has 36 heavy (non-hydrogen) atoms. The smallest absolute Gasteiger partial charge is 0.274 e. The molecular formula is C25H26ClFN4O5. The maximum absolute atomic E-state index is 14.2. The van der Waals surface area contributed by atoms with Crippen molar-refractivity contribution in [2.45, 2.75) is 37.4 Å². The minimum atomic E-state index is -1.00. The number of hydrogen-bond acceptors (Lipinski definition) is 6. The fourth-order valence-electron chi connectivity index (χ4n) is 5.48. The average Bonchev–Trinajstić information content (AvgIpc) is 3.75. The molecule has 2 aromatic rings. The lowest BCUT2D eigenvalue weighted by Crippen LogP contribution is -2.53. The number of halogens is 2. The Kier molecular flexibility index (Phi) is 5.72. The average molecular weight is 517 g/mol. The number of aromatic hydroxyl groups is 1. The number of carbonyl (C=O) groups excluding carboxylic acids is 3. The van der Waals surface area contributed by atoms with E-state index in [9.17, 15) is 28.7 Å². The molecule has 5 rings (SSSR count). The molecule has 3 aliphatic rings. The SMILES string of the molecule is CN(C)CC1(C=O)CC12CN(C1CC1)C(=O)c1c(O)c(=O)c(C(=O)NCc3cccc(Cl)c3F)cn12. The number of fused-ring (bicyclic) bond motifs is 2. The number of rotatable bonds is 7. The van der Waals surface area contributed by atoms with Crippen molar-refractivity contribution in [1.82, 2.24) is 19.7 Å². The summed E-state index contributed by atoms with van der Waals surface area (Å²) in [6.07, 6.45) is 4.14. The molecule has 2 N–H and O–H groups in total. The molecule has 2 amide bonds. The summed E-state index contributed by atoms with van der Waals surface area (Å²) in [5, 5.41) is 13.3. The molecule has 2 unspecified atom stereocenters. The van der Waals surface area contributed by atoms with Gasteiger partial charge in [0.25, 0.3) is 11.8 Å².